The van der Waals surface area contributed by atoms with Crippen LogP contribution in [0.5, 0.6) is 0 Å². The van der Waals surface area contributed by atoms with E-state index in [1.54, 1.807) is 21.3 Å². The van der Waals surface area contributed by atoms with Crippen LogP contribution < -0.4 is 10.4 Å². The summed E-state index contributed by atoms with van der Waals surface area (Å²) in [5.74, 6) is 0. The van der Waals surface area contributed by atoms with Crippen LogP contribution in [-0.2, 0) is 4.65 Å². The molecular weight excluding hydrogens is 249 g/mol. The first-order chi connectivity index (χ1) is 9.21. The van der Waals surface area contributed by atoms with Crippen LogP contribution in [0.4, 0.5) is 5.69 Å². The monoisotopic (exact) mass is 276 g/mol. The Hall–Kier alpha value is -0.995. The Morgan fingerprint density at radius 1 is 1.05 bits per heavy atom. The van der Waals surface area contributed by atoms with E-state index in [-0.39, 0.29) is 0 Å². The lowest BCUT2D eigenvalue weighted by Crippen LogP contribution is -2.49. The highest BCUT2D eigenvalue weighted by Crippen LogP contribution is 2.24. The largest absolute Gasteiger partial charge is 0.427 e. The zero-order valence-electron chi connectivity index (χ0n) is 13.6. The van der Waals surface area contributed by atoms with Gasteiger partial charge in [0.25, 0.3) is 0 Å². The molecule has 1 radical (unpaired) electrons. The lowest BCUT2D eigenvalue weighted by Gasteiger charge is -2.37. The molecule has 0 spiro atoms. The highest BCUT2D eigenvalue weighted by molar-refractivity contribution is 6.47. The quantitative estimate of drug-likeness (QED) is 0.776. The topological polar surface area (TPSA) is 32.7 Å². The Morgan fingerprint density at radius 2 is 1.55 bits per heavy atom. The number of hydrogen-bond acceptors (Lipinski definition) is 3. The van der Waals surface area contributed by atoms with E-state index < -0.39 is 11.2 Å². The molecule has 1 rings (SSSR count). The van der Waals surface area contributed by atoms with Gasteiger partial charge in [0.15, 0.2) is 0 Å². The minimum atomic E-state index is -0.898. The first-order valence-corrected chi connectivity index (χ1v) is 7.29. The van der Waals surface area contributed by atoms with Gasteiger partial charge in [-0.3, -0.25) is 0 Å². The fourth-order valence-corrected chi connectivity index (χ4v) is 1.71. The average molecular weight is 276 g/mol. The average Bonchev–Trinajstić information content (AvgIpc) is 2.38. The second-order valence-corrected chi connectivity index (χ2v) is 6.07. The first kappa shape index (κ1) is 17.1. The summed E-state index contributed by atoms with van der Waals surface area (Å²) in [5.41, 5.74) is 0.682. The molecule has 20 heavy (non-hydrogen) atoms. The number of rotatable bonds is 7. The van der Waals surface area contributed by atoms with Crippen molar-refractivity contribution in [3.8, 4) is 0 Å². The Labute approximate surface area is 124 Å². The van der Waals surface area contributed by atoms with E-state index in [0.717, 1.165) is 18.6 Å². The molecule has 111 valence electrons. The van der Waals surface area contributed by atoms with Crippen molar-refractivity contribution in [3.05, 3.63) is 24.3 Å². The molecule has 0 fully saturated rings. The lowest BCUT2D eigenvalue weighted by molar-refractivity contribution is -0.0893. The second-order valence-electron chi connectivity index (χ2n) is 6.07. The second kappa shape index (κ2) is 6.64. The van der Waals surface area contributed by atoms with Crippen molar-refractivity contribution in [3.63, 3.8) is 0 Å². The minimum absolute atomic E-state index is 0.634. The van der Waals surface area contributed by atoms with E-state index in [2.05, 4.69) is 30.9 Å². The normalized spacial score (nSPS) is 12.3. The van der Waals surface area contributed by atoms with Crippen molar-refractivity contribution >= 4 is 18.6 Å². The molecule has 0 saturated heterocycles. The molecule has 0 amide bonds. The van der Waals surface area contributed by atoms with Gasteiger partial charge in [-0.25, -0.2) is 0 Å². The SMILES string of the molecule is CCN(CC)c1ccc([B]OC(C)(C)C(C)(C)O)cc1. The number of benzene rings is 1. The zero-order chi connectivity index (χ0) is 15.4. The van der Waals surface area contributed by atoms with Crippen molar-refractivity contribution in [2.24, 2.45) is 0 Å². The molecule has 0 saturated carbocycles. The molecule has 0 aromatic heterocycles. The summed E-state index contributed by atoms with van der Waals surface area (Å²) < 4.78 is 5.74. The Kier molecular flexibility index (Phi) is 5.66. The Morgan fingerprint density at radius 3 is 1.95 bits per heavy atom. The number of aliphatic hydroxyl groups is 1. The van der Waals surface area contributed by atoms with Crippen LogP contribution in [-0.4, -0.2) is 36.9 Å². The zero-order valence-corrected chi connectivity index (χ0v) is 13.6. The summed E-state index contributed by atoms with van der Waals surface area (Å²) in [5, 5.41) is 10.1. The summed E-state index contributed by atoms with van der Waals surface area (Å²) in [6, 6.07) is 8.26. The highest BCUT2D eigenvalue weighted by Gasteiger charge is 2.35. The van der Waals surface area contributed by atoms with Gasteiger partial charge in [0, 0.05) is 18.8 Å². The van der Waals surface area contributed by atoms with Crippen molar-refractivity contribution in [2.45, 2.75) is 52.7 Å². The van der Waals surface area contributed by atoms with Gasteiger partial charge in [0.05, 0.1) is 11.2 Å². The number of anilines is 1. The number of nitrogens with zero attached hydrogens (tertiary/aromatic N) is 1. The van der Waals surface area contributed by atoms with Crippen LogP contribution in [0.25, 0.3) is 0 Å². The number of hydrogen-bond donors (Lipinski definition) is 1. The van der Waals surface area contributed by atoms with Crippen LogP contribution in [0.3, 0.4) is 0 Å². The molecule has 0 aliphatic rings. The standard InChI is InChI=1S/C16H27BNO2/c1-7-18(8-2)14-11-9-13(10-12-14)17-20-16(5,6)15(3,4)19/h9-12,19H,7-8H2,1-6H3. The maximum absolute atomic E-state index is 10.1. The maximum Gasteiger partial charge on any atom is 0.330 e. The third kappa shape index (κ3) is 4.25. The van der Waals surface area contributed by atoms with E-state index in [1.165, 1.54) is 5.69 Å². The molecule has 0 aliphatic carbocycles. The van der Waals surface area contributed by atoms with E-state index >= 15 is 0 Å². The van der Waals surface area contributed by atoms with Gasteiger partial charge in [-0.15, -0.1) is 0 Å². The van der Waals surface area contributed by atoms with Gasteiger partial charge >= 0.3 is 7.48 Å². The van der Waals surface area contributed by atoms with Crippen molar-refractivity contribution in [1.82, 2.24) is 0 Å². The third-order valence-electron chi connectivity index (χ3n) is 3.98. The van der Waals surface area contributed by atoms with Crippen LogP contribution in [0.1, 0.15) is 41.5 Å². The molecule has 0 unspecified atom stereocenters. The highest BCUT2D eigenvalue weighted by atomic mass is 16.5. The van der Waals surface area contributed by atoms with Gasteiger partial charge in [-0.1, -0.05) is 17.6 Å². The van der Waals surface area contributed by atoms with Crippen molar-refractivity contribution in [2.75, 3.05) is 18.0 Å². The fourth-order valence-electron chi connectivity index (χ4n) is 1.71. The molecule has 0 bridgehead atoms. The smallest absolute Gasteiger partial charge is 0.330 e. The third-order valence-corrected chi connectivity index (χ3v) is 3.98. The van der Waals surface area contributed by atoms with Crippen LogP contribution in [0.15, 0.2) is 24.3 Å². The van der Waals surface area contributed by atoms with E-state index in [1.807, 2.05) is 26.0 Å². The Bertz CT molecular complexity index is 405. The molecule has 0 heterocycles. The predicted octanol–water partition coefficient (Wildman–Crippen LogP) is 2.34. The van der Waals surface area contributed by atoms with Gasteiger partial charge in [-0.05, 0) is 53.7 Å². The summed E-state index contributed by atoms with van der Waals surface area (Å²) in [7, 11) is 1.71. The molecule has 4 heteroatoms. The van der Waals surface area contributed by atoms with E-state index in [9.17, 15) is 5.11 Å². The van der Waals surface area contributed by atoms with Gasteiger partial charge in [-0.2, -0.15) is 0 Å². The van der Waals surface area contributed by atoms with Crippen LogP contribution in [0.2, 0.25) is 0 Å². The molecule has 1 aromatic rings. The fraction of sp³-hybridized carbons (Fsp3) is 0.625. The van der Waals surface area contributed by atoms with Crippen LogP contribution >= 0.6 is 0 Å². The molecule has 3 nitrogen and oxygen atoms in total. The van der Waals surface area contributed by atoms with Gasteiger partial charge < -0.3 is 14.7 Å². The summed E-state index contributed by atoms with van der Waals surface area (Å²) >= 11 is 0. The van der Waals surface area contributed by atoms with Crippen molar-refractivity contribution < 1.29 is 9.76 Å². The lowest BCUT2D eigenvalue weighted by atomic mass is 9.82. The summed E-state index contributed by atoms with van der Waals surface area (Å²) in [4.78, 5) is 2.30. The van der Waals surface area contributed by atoms with E-state index in [0.29, 0.717) is 0 Å². The van der Waals surface area contributed by atoms with Crippen LogP contribution in [0, 0.1) is 0 Å². The summed E-state index contributed by atoms with van der Waals surface area (Å²) in [6.45, 7) is 13.6. The Balaban J connectivity index is 2.67. The molecule has 0 atom stereocenters. The molecular formula is C16H27BNO2. The first-order valence-electron chi connectivity index (χ1n) is 7.29. The van der Waals surface area contributed by atoms with Gasteiger partial charge in [0.1, 0.15) is 0 Å². The van der Waals surface area contributed by atoms with Crippen molar-refractivity contribution in [1.29, 1.82) is 0 Å². The molecule has 1 aromatic carbocycles. The molecule has 1 N–H and O–H groups in total. The van der Waals surface area contributed by atoms with E-state index in [4.69, 9.17) is 4.65 Å². The summed E-state index contributed by atoms with van der Waals surface area (Å²) in [6.07, 6.45) is 0. The predicted molar refractivity (Wildman–Crippen MR) is 86.9 cm³/mol. The minimum Gasteiger partial charge on any atom is -0.427 e. The van der Waals surface area contributed by atoms with Gasteiger partial charge in [0.2, 0.25) is 0 Å². The molecule has 0 aliphatic heterocycles. The maximum atomic E-state index is 10.1.